The first-order valence-electron chi connectivity index (χ1n) is 6.27. The Morgan fingerprint density at radius 2 is 1.81 bits per heavy atom. The van der Waals surface area contributed by atoms with Gasteiger partial charge in [0.25, 0.3) is 0 Å². The van der Waals surface area contributed by atoms with Crippen molar-refractivity contribution in [1.29, 1.82) is 0 Å². The third-order valence-electron chi connectivity index (χ3n) is 3.06. The minimum Gasteiger partial charge on any atom is -0.306 e. The molecule has 2 aromatic rings. The summed E-state index contributed by atoms with van der Waals surface area (Å²) in [5.74, 6) is -2.05. The van der Waals surface area contributed by atoms with Crippen LogP contribution in [0.4, 0.5) is 13.2 Å². The van der Waals surface area contributed by atoms with Gasteiger partial charge in [-0.15, -0.1) is 0 Å². The number of hydrogen-bond acceptors (Lipinski definition) is 1. The Morgan fingerprint density at radius 1 is 1.14 bits per heavy atom. The topological polar surface area (TPSA) is 12.0 Å². The Hall–Kier alpha value is -1.04. The van der Waals surface area contributed by atoms with Gasteiger partial charge in [-0.1, -0.05) is 30.7 Å². The van der Waals surface area contributed by atoms with Crippen LogP contribution in [0.25, 0.3) is 0 Å². The zero-order valence-corrected chi connectivity index (χ0v) is 13.4. The van der Waals surface area contributed by atoms with E-state index in [1.807, 2.05) is 6.92 Å². The Morgan fingerprint density at radius 3 is 2.43 bits per heavy atom. The van der Waals surface area contributed by atoms with E-state index in [-0.39, 0.29) is 16.1 Å². The van der Waals surface area contributed by atoms with Gasteiger partial charge in [0.05, 0.1) is 11.1 Å². The largest absolute Gasteiger partial charge is 0.306 e. The van der Waals surface area contributed by atoms with Gasteiger partial charge in [-0.05, 0) is 34.6 Å². The van der Waals surface area contributed by atoms with E-state index in [2.05, 4.69) is 21.2 Å². The molecule has 112 valence electrons. The van der Waals surface area contributed by atoms with Gasteiger partial charge in [0, 0.05) is 21.7 Å². The lowest BCUT2D eigenvalue weighted by molar-refractivity contribution is 0.521. The second-order valence-corrected chi connectivity index (χ2v) is 5.65. The molecule has 0 saturated heterocycles. The van der Waals surface area contributed by atoms with Crippen molar-refractivity contribution in [3.05, 3.63) is 68.4 Å². The average molecular weight is 379 g/mol. The van der Waals surface area contributed by atoms with E-state index in [0.717, 1.165) is 12.1 Å². The van der Waals surface area contributed by atoms with Gasteiger partial charge in [0.1, 0.15) is 17.5 Å². The molecule has 21 heavy (non-hydrogen) atoms. The molecule has 0 spiro atoms. The molecule has 1 atom stereocenters. The van der Waals surface area contributed by atoms with Gasteiger partial charge in [-0.2, -0.15) is 0 Å². The maximum absolute atomic E-state index is 14.3. The molecule has 0 aliphatic heterocycles. The molecule has 1 unspecified atom stereocenters. The summed E-state index contributed by atoms with van der Waals surface area (Å²) in [7, 11) is 0. The second-order valence-electron chi connectivity index (χ2n) is 4.42. The van der Waals surface area contributed by atoms with Gasteiger partial charge < -0.3 is 5.32 Å². The highest BCUT2D eigenvalue weighted by atomic mass is 79.9. The zero-order chi connectivity index (χ0) is 15.6. The summed E-state index contributed by atoms with van der Waals surface area (Å²) in [6, 6.07) is 5.57. The van der Waals surface area contributed by atoms with E-state index in [1.54, 1.807) is 6.07 Å². The molecular weight excluding hydrogens is 367 g/mol. The summed E-state index contributed by atoms with van der Waals surface area (Å²) >= 11 is 9.01. The number of hydrogen-bond donors (Lipinski definition) is 1. The molecule has 1 nitrogen and oxygen atoms in total. The summed E-state index contributed by atoms with van der Waals surface area (Å²) in [6.45, 7) is 2.29. The lowest BCUT2D eigenvalue weighted by Gasteiger charge is -2.21. The van der Waals surface area contributed by atoms with Crippen LogP contribution in [0.2, 0.25) is 5.02 Å². The van der Waals surface area contributed by atoms with Crippen LogP contribution in [0, 0.1) is 17.5 Å². The smallest absolute Gasteiger partial charge is 0.148 e. The summed E-state index contributed by atoms with van der Waals surface area (Å²) in [5, 5.41) is 2.92. The quantitative estimate of drug-likeness (QED) is 0.719. The molecule has 1 N–H and O–H groups in total. The maximum Gasteiger partial charge on any atom is 0.148 e. The van der Waals surface area contributed by atoms with Crippen molar-refractivity contribution >= 4 is 27.5 Å². The van der Waals surface area contributed by atoms with E-state index in [4.69, 9.17) is 11.6 Å². The number of rotatable bonds is 4. The van der Waals surface area contributed by atoms with Crippen LogP contribution >= 0.6 is 27.5 Å². The number of halogens is 5. The predicted octanol–water partition coefficient (Wildman–Crippen LogP) is 5.22. The predicted molar refractivity (Wildman–Crippen MR) is 81.0 cm³/mol. The highest BCUT2D eigenvalue weighted by molar-refractivity contribution is 9.10. The van der Waals surface area contributed by atoms with Gasteiger partial charge in [-0.3, -0.25) is 0 Å². The van der Waals surface area contributed by atoms with Crippen molar-refractivity contribution in [3.63, 3.8) is 0 Å². The van der Waals surface area contributed by atoms with Crippen molar-refractivity contribution in [1.82, 2.24) is 5.32 Å². The molecule has 2 aromatic carbocycles. The SMILES string of the molecule is CCNC(c1ccc(F)cc1F)c1ccc(Br)c(Cl)c1F. The van der Waals surface area contributed by atoms with Crippen LogP contribution < -0.4 is 5.32 Å². The molecule has 0 saturated carbocycles. The third kappa shape index (κ3) is 3.42. The lowest BCUT2D eigenvalue weighted by atomic mass is 9.97. The molecule has 2 rings (SSSR count). The fourth-order valence-electron chi connectivity index (χ4n) is 2.09. The first-order chi connectivity index (χ1) is 9.95. The fourth-order valence-corrected chi connectivity index (χ4v) is 2.57. The molecule has 0 radical (unpaired) electrons. The first kappa shape index (κ1) is 16.3. The van der Waals surface area contributed by atoms with Gasteiger partial charge in [-0.25, -0.2) is 13.2 Å². The van der Waals surface area contributed by atoms with Gasteiger partial charge in [0.15, 0.2) is 0 Å². The highest BCUT2D eigenvalue weighted by Gasteiger charge is 2.22. The molecule has 0 bridgehead atoms. The van der Waals surface area contributed by atoms with Crippen molar-refractivity contribution in [2.24, 2.45) is 0 Å². The summed E-state index contributed by atoms with van der Waals surface area (Å²) in [4.78, 5) is 0. The molecule has 0 aliphatic carbocycles. The summed E-state index contributed by atoms with van der Waals surface area (Å²) < 4.78 is 41.8. The molecular formula is C15H12BrClF3N. The van der Waals surface area contributed by atoms with Crippen LogP contribution in [0.5, 0.6) is 0 Å². The molecule has 6 heteroatoms. The van der Waals surface area contributed by atoms with Gasteiger partial charge in [0.2, 0.25) is 0 Å². The zero-order valence-electron chi connectivity index (χ0n) is 11.1. The molecule has 0 heterocycles. The Balaban J connectivity index is 2.56. The standard InChI is InChI=1S/C15H12BrClF3N/c1-2-21-15(9-4-3-8(18)7-12(9)19)10-5-6-11(16)13(17)14(10)20/h3-7,15,21H,2H2,1H3. The fraction of sp³-hybridized carbons (Fsp3) is 0.200. The van der Waals surface area contributed by atoms with Crippen LogP contribution in [-0.2, 0) is 0 Å². The normalized spacial score (nSPS) is 12.5. The molecule has 0 amide bonds. The van der Waals surface area contributed by atoms with Crippen molar-refractivity contribution in [3.8, 4) is 0 Å². The van der Waals surface area contributed by atoms with Crippen LogP contribution in [-0.4, -0.2) is 6.54 Å². The van der Waals surface area contributed by atoms with Crippen molar-refractivity contribution in [2.45, 2.75) is 13.0 Å². The minimum absolute atomic E-state index is 0.0714. The minimum atomic E-state index is -0.749. The van der Waals surface area contributed by atoms with Crippen LogP contribution in [0.15, 0.2) is 34.8 Å². The van der Waals surface area contributed by atoms with E-state index in [1.165, 1.54) is 12.1 Å². The van der Waals surface area contributed by atoms with E-state index >= 15 is 0 Å². The van der Waals surface area contributed by atoms with Crippen molar-refractivity contribution < 1.29 is 13.2 Å². The van der Waals surface area contributed by atoms with Crippen LogP contribution in [0.1, 0.15) is 24.1 Å². The lowest BCUT2D eigenvalue weighted by Crippen LogP contribution is -2.24. The number of benzene rings is 2. The maximum atomic E-state index is 14.3. The molecule has 0 aromatic heterocycles. The highest BCUT2D eigenvalue weighted by Crippen LogP contribution is 2.33. The third-order valence-corrected chi connectivity index (χ3v) is 4.32. The average Bonchev–Trinajstić information content (AvgIpc) is 2.44. The Labute approximate surface area is 134 Å². The monoisotopic (exact) mass is 377 g/mol. The van der Waals surface area contributed by atoms with E-state index < -0.39 is 23.5 Å². The first-order valence-corrected chi connectivity index (χ1v) is 7.44. The molecule has 0 aliphatic rings. The van der Waals surface area contributed by atoms with E-state index in [9.17, 15) is 13.2 Å². The van der Waals surface area contributed by atoms with Crippen molar-refractivity contribution in [2.75, 3.05) is 6.54 Å². The number of nitrogens with one attached hydrogen (secondary N) is 1. The van der Waals surface area contributed by atoms with Gasteiger partial charge >= 0.3 is 0 Å². The summed E-state index contributed by atoms with van der Waals surface area (Å²) in [5.41, 5.74) is 0.367. The Kier molecular flexibility index (Phi) is 5.30. The molecule has 0 fully saturated rings. The summed E-state index contributed by atoms with van der Waals surface area (Å²) in [6.07, 6.45) is 0. The van der Waals surface area contributed by atoms with E-state index in [0.29, 0.717) is 11.0 Å². The van der Waals surface area contributed by atoms with Crippen LogP contribution in [0.3, 0.4) is 0 Å². The second kappa shape index (κ2) is 6.81. The Bertz CT molecular complexity index is 664.